The van der Waals surface area contributed by atoms with E-state index in [4.69, 9.17) is 18.9 Å². The van der Waals surface area contributed by atoms with Crippen molar-refractivity contribution in [1.82, 2.24) is 19.5 Å². The predicted molar refractivity (Wildman–Crippen MR) is 152 cm³/mol. The van der Waals surface area contributed by atoms with Crippen molar-refractivity contribution in [3.05, 3.63) is 18.3 Å². The van der Waals surface area contributed by atoms with Crippen LogP contribution in [-0.4, -0.2) is 62.3 Å². The molecule has 0 unspecified atom stereocenters. The van der Waals surface area contributed by atoms with Crippen molar-refractivity contribution in [3.8, 4) is 0 Å². The Morgan fingerprint density at radius 3 is 1.95 bits per heavy atom. The average Bonchev–Trinajstić information content (AvgIpc) is 3.49. The first-order valence-corrected chi connectivity index (χ1v) is 15.1. The lowest BCUT2D eigenvalue weighted by atomic mass is 10.0. The molecule has 228 valence electrons. The van der Waals surface area contributed by atoms with E-state index >= 15 is 0 Å². The standard InChI is InChI=1S/C30H46N4O7/c1-5-6-7-8-9-10-11-12-13-14-15-16-17-24-26-29(32-19-31-24)34(20-33-26)30-28(40-23(4)37)27(39-22(3)36)25(41-30)18-38-21(2)35/h19-20,25,27-28,30H,5-18H2,1-4H3/t25-,27-,28-,30-/m1/s1. The predicted octanol–water partition coefficient (Wildman–Crippen LogP) is 5.39. The van der Waals surface area contributed by atoms with E-state index in [9.17, 15) is 14.4 Å². The quantitative estimate of drug-likeness (QED) is 0.130. The number of hydrogen-bond donors (Lipinski definition) is 0. The molecule has 0 N–H and O–H groups in total. The summed E-state index contributed by atoms with van der Waals surface area (Å²) in [5, 5.41) is 0. The average molecular weight is 575 g/mol. The van der Waals surface area contributed by atoms with Crippen LogP contribution >= 0.6 is 0 Å². The Morgan fingerprint density at radius 1 is 0.780 bits per heavy atom. The van der Waals surface area contributed by atoms with Gasteiger partial charge >= 0.3 is 17.9 Å². The van der Waals surface area contributed by atoms with Crippen molar-refractivity contribution >= 4 is 29.1 Å². The third-order valence-electron chi connectivity index (χ3n) is 7.32. The van der Waals surface area contributed by atoms with E-state index in [1.165, 1.54) is 91.3 Å². The van der Waals surface area contributed by atoms with E-state index in [1.807, 2.05) is 0 Å². The summed E-state index contributed by atoms with van der Waals surface area (Å²) in [6.07, 6.45) is 15.4. The number of unbranched alkanes of at least 4 members (excludes halogenated alkanes) is 11. The third kappa shape index (κ3) is 10.1. The van der Waals surface area contributed by atoms with E-state index < -0.39 is 42.4 Å². The lowest BCUT2D eigenvalue weighted by molar-refractivity contribution is -0.166. The molecule has 3 rings (SSSR count). The molecule has 2 aromatic heterocycles. The second-order valence-corrected chi connectivity index (χ2v) is 10.8. The molecule has 0 spiro atoms. The van der Waals surface area contributed by atoms with Gasteiger partial charge in [-0.3, -0.25) is 19.0 Å². The van der Waals surface area contributed by atoms with Gasteiger partial charge in [0.1, 0.15) is 24.6 Å². The van der Waals surface area contributed by atoms with Crippen molar-refractivity contribution < 1.29 is 33.3 Å². The number of fused-ring (bicyclic) bond motifs is 1. The molecular formula is C30H46N4O7. The van der Waals surface area contributed by atoms with Gasteiger partial charge in [-0.25, -0.2) is 15.0 Å². The number of hydrogen-bond acceptors (Lipinski definition) is 10. The minimum atomic E-state index is -0.996. The Hall–Kier alpha value is -3.08. The monoisotopic (exact) mass is 574 g/mol. The molecule has 0 aliphatic carbocycles. The van der Waals surface area contributed by atoms with Crippen LogP contribution in [0.25, 0.3) is 11.2 Å². The second kappa shape index (κ2) is 17.0. The number of ether oxygens (including phenoxy) is 4. The van der Waals surface area contributed by atoms with Gasteiger partial charge in [0, 0.05) is 20.8 Å². The van der Waals surface area contributed by atoms with Gasteiger partial charge in [0.05, 0.1) is 12.0 Å². The minimum Gasteiger partial charge on any atom is -0.463 e. The van der Waals surface area contributed by atoms with Gasteiger partial charge in [0.2, 0.25) is 0 Å². The fraction of sp³-hybridized carbons (Fsp3) is 0.733. The van der Waals surface area contributed by atoms with Crippen LogP contribution in [0.15, 0.2) is 12.7 Å². The van der Waals surface area contributed by atoms with Gasteiger partial charge in [-0.2, -0.15) is 0 Å². The highest BCUT2D eigenvalue weighted by atomic mass is 16.7. The number of aryl methyl sites for hydroxylation is 1. The molecule has 11 nitrogen and oxygen atoms in total. The maximum absolute atomic E-state index is 12.0. The van der Waals surface area contributed by atoms with E-state index in [1.54, 1.807) is 10.9 Å². The molecule has 4 atom stereocenters. The summed E-state index contributed by atoms with van der Waals surface area (Å²) in [4.78, 5) is 48.7. The molecule has 1 aliphatic rings. The fourth-order valence-corrected chi connectivity index (χ4v) is 5.32. The number of imidazole rings is 1. The third-order valence-corrected chi connectivity index (χ3v) is 7.32. The Bertz CT molecular complexity index is 1120. The topological polar surface area (TPSA) is 132 Å². The Kier molecular flexibility index (Phi) is 13.5. The van der Waals surface area contributed by atoms with Gasteiger partial charge < -0.3 is 18.9 Å². The zero-order chi connectivity index (χ0) is 29.6. The molecule has 0 radical (unpaired) electrons. The van der Waals surface area contributed by atoms with Crippen LogP contribution in [-0.2, 0) is 39.8 Å². The van der Waals surface area contributed by atoms with Crippen molar-refractivity contribution in [2.24, 2.45) is 0 Å². The number of carbonyl (C=O) groups excluding carboxylic acids is 3. The minimum absolute atomic E-state index is 0.173. The molecule has 1 fully saturated rings. The maximum Gasteiger partial charge on any atom is 0.303 e. The van der Waals surface area contributed by atoms with Crippen LogP contribution in [0.5, 0.6) is 0 Å². The van der Waals surface area contributed by atoms with Crippen LogP contribution < -0.4 is 0 Å². The van der Waals surface area contributed by atoms with Crippen molar-refractivity contribution in [2.75, 3.05) is 6.61 Å². The van der Waals surface area contributed by atoms with Gasteiger partial charge in [0.15, 0.2) is 24.1 Å². The normalized spacial score (nSPS) is 20.3. The highest BCUT2D eigenvalue weighted by Crippen LogP contribution is 2.36. The molecule has 0 aromatic carbocycles. The van der Waals surface area contributed by atoms with E-state index in [-0.39, 0.29) is 6.61 Å². The summed E-state index contributed by atoms with van der Waals surface area (Å²) in [5.74, 6) is -1.65. The van der Waals surface area contributed by atoms with E-state index in [2.05, 4.69) is 21.9 Å². The van der Waals surface area contributed by atoms with E-state index in [0.717, 1.165) is 25.0 Å². The van der Waals surface area contributed by atoms with Gasteiger partial charge in [-0.05, 0) is 12.8 Å². The highest BCUT2D eigenvalue weighted by molar-refractivity contribution is 5.73. The lowest BCUT2D eigenvalue weighted by Gasteiger charge is -2.23. The molecule has 41 heavy (non-hydrogen) atoms. The fourth-order valence-electron chi connectivity index (χ4n) is 5.32. The number of aromatic nitrogens is 4. The summed E-state index contributed by atoms with van der Waals surface area (Å²) < 4.78 is 23.9. The molecule has 1 aliphatic heterocycles. The molecule has 2 aromatic rings. The molecule has 1 saturated heterocycles. The van der Waals surface area contributed by atoms with E-state index in [0.29, 0.717) is 11.2 Å². The highest BCUT2D eigenvalue weighted by Gasteiger charge is 2.51. The first-order valence-electron chi connectivity index (χ1n) is 15.1. The maximum atomic E-state index is 12.0. The number of carbonyl (C=O) groups is 3. The van der Waals surface area contributed by atoms with Crippen LogP contribution in [0.3, 0.4) is 0 Å². The van der Waals surface area contributed by atoms with Gasteiger partial charge in [-0.15, -0.1) is 0 Å². The SMILES string of the molecule is CCCCCCCCCCCCCCc1ncnc2c1ncn2[C@@H]1O[C@H](COC(C)=O)[C@@H](OC(C)=O)[C@H]1OC(C)=O. The molecule has 0 saturated carbocycles. The zero-order valence-corrected chi connectivity index (χ0v) is 25.0. The number of rotatable bonds is 18. The molecule has 11 heteroatoms. The molecule has 0 bridgehead atoms. The lowest BCUT2D eigenvalue weighted by Crippen LogP contribution is -2.40. The first-order chi connectivity index (χ1) is 19.8. The van der Waals surface area contributed by atoms with Crippen LogP contribution in [0.4, 0.5) is 0 Å². The van der Waals surface area contributed by atoms with Crippen LogP contribution in [0.1, 0.15) is 117 Å². The smallest absolute Gasteiger partial charge is 0.303 e. The second-order valence-electron chi connectivity index (χ2n) is 10.8. The van der Waals surface area contributed by atoms with Crippen LogP contribution in [0.2, 0.25) is 0 Å². The summed E-state index contributed by atoms with van der Waals surface area (Å²) in [6.45, 7) is 5.87. The van der Waals surface area contributed by atoms with Crippen molar-refractivity contribution in [3.63, 3.8) is 0 Å². The Balaban J connectivity index is 1.60. The number of nitrogens with zero attached hydrogens (tertiary/aromatic N) is 4. The molecule has 0 amide bonds. The Labute approximate surface area is 242 Å². The van der Waals surface area contributed by atoms with Gasteiger partial charge in [-0.1, -0.05) is 77.6 Å². The first kappa shape index (κ1) is 32.4. The van der Waals surface area contributed by atoms with Gasteiger partial charge in [0.25, 0.3) is 0 Å². The largest absolute Gasteiger partial charge is 0.463 e. The Morgan fingerprint density at radius 2 is 1.37 bits per heavy atom. The zero-order valence-electron chi connectivity index (χ0n) is 25.0. The summed E-state index contributed by atoms with van der Waals surface area (Å²) in [5.41, 5.74) is 2.01. The van der Waals surface area contributed by atoms with Crippen molar-refractivity contribution in [1.29, 1.82) is 0 Å². The van der Waals surface area contributed by atoms with Crippen LogP contribution in [0, 0.1) is 0 Å². The molecular weight excluding hydrogens is 528 g/mol. The summed E-state index contributed by atoms with van der Waals surface area (Å²) in [7, 11) is 0. The van der Waals surface area contributed by atoms with Crippen molar-refractivity contribution in [2.45, 2.75) is 136 Å². The summed E-state index contributed by atoms with van der Waals surface area (Å²) in [6, 6.07) is 0. The number of esters is 3. The summed E-state index contributed by atoms with van der Waals surface area (Å²) >= 11 is 0. The molecule has 3 heterocycles.